The van der Waals surface area contributed by atoms with E-state index in [4.69, 9.17) is 9.68 Å². The van der Waals surface area contributed by atoms with E-state index in [2.05, 4.69) is 11.0 Å². The Kier molecular flexibility index (Phi) is 5.41. The van der Waals surface area contributed by atoms with Crippen molar-refractivity contribution in [2.45, 2.75) is 13.0 Å². The zero-order valence-electron chi connectivity index (χ0n) is 16.0. The summed E-state index contributed by atoms with van der Waals surface area (Å²) >= 11 is 0. The molecule has 6 nitrogen and oxygen atoms in total. The van der Waals surface area contributed by atoms with E-state index in [0.717, 1.165) is 31.6 Å². The van der Waals surface area contributed by atoms with E-state index >= 15 is 0 Å². The summed E-state index contributed by atoms with van der Waals surface area (Å²) < 4.78 is 5.71. The molecule has 0 radical (unpaired) electrons. The van der Waals surface area contributed by atoms with Crippen molar-refractivity contribution in [1.82, 2.24) is 9.80 Å². The zero-order valence-corrected chi connectivity index (χ0v) is 16.0. The molecule has 1 saturated heterocycles. The predicted molar refractivity (Wildman–Crippen MR) is 109 cm³/mol. The number of nitrogens with zero attached hydrogens (tertiary/aromatic N) is 3. The molecule has 2 aromatic carbocycles. The number of hydrogen-bond acceptors (Lipinski definition) is 5. The van der Waals surface area contributed by atoms with Gasteiger partial charge in [0.2, 0.25) is 0 Å². The Morgan fingerprint density at radius 3 is 2.62 bits per heavy atom. The minimum absolute atomic E-state index is 0.0919. The lowest BCUT2D eigenvalue weighted by Crippen LogP contribution is -2.35. The van der Waals surface area contributed by atoms with Gasteiger partial charge in [-0.3, -0.25) is 14.5 Å². The Morgan fingerprint density at radius 1 is 1.03 bits per heavy atom. The topological polar surface area (TPSA) is 77.5 Å². The van der Waals surface area contributed by atoms with Crippen LogP contribution in [-0.4, -0.2) is 41.9 Å². The molecule has 0 N–H and O–H groups in total. The first-order valence-corrected chi connectivity index (χ1v) is 9.67. The monoisotopic (exact) mass is 387 g/mol. The first-order chi connectivity index (χ1) is 14.1. The molecule has 6 heteroatoms. The molecule has 1 aliphatic heterocycles. The van der Waals surface area contributed by atoms with Crippen LogP contribution >= 0.6 is 0 Å². The van der Waals surface area contributed by atoms with Gasteiger partial charge < -0.3 is 9.32 Å². The van der Waals surface area contributed by atoms with Gasteiger partial charge in [0.05, 0.1) is 17.0 Å². The fourth-order valence-corrected chi connectivity index (χ4v) is 3.64. The summed E-state index contributed by atoms with van der Waals surface area (Å²) in [5, 5.41) is 9.39. The van der Waals surface area contributed by atoms with Gasteiger partial charge >= 0.3 is 0 Å². The Hall–Kier alpha value is -3.43. The van der Waals surface area contributed by atoms with Crippen molar-refractivity contribution in [3.8, 4) is 6.07 Å². The second-order valence-corrected chi connectivity index (χ2v) is 7.20. The minimum Gasteiger partial charge on any atom is -0.451 e. The van der Waals surface area contributed by atoms with Gasteiger partial charge in [-0.2, -0.15) is 5.26 Å². The highest BCUT2D eigenvalue weighted by Gasteiger charge is 2.23. The number of amides is 1. The molecule has 1 fully saturated rings. The number of nitriles is 1. The predicted octanol–water partition coefficient (Wildman–Crippen LogP) is 3.01. The molecule has 1 amide bonds. The maximum absolute atomic E-state index is 12.9. The van der Waals surface area contributed by atoms with Crippen LogP contribution < -0.4 is 5.43 Å². The van der Waals surface area contributed by atoms with Crippen molar-refractivity contribution in [3.63, 3.8) is 0 Å². The van der Waals surface area contributed by atoms with Gasteiger partial charge in [0.1, 0.15) is 5.58 Å². The second kappa shape index (κ2) is 8.29. The maximum Gasteiger partial charge on any atom is 0.289 e. The summed E-state index contributed by atoms with van der Waals surface area (Å²) in [6, 6.07) is 18.0. The summed E-state index contributed by atoms with van der Waals surface area (Å²) in [5.41, 5.74) is 2.02. The average molecular weight is 387 g/mol. The van der Waals surface area contributed by atoms with Crippen LogP contribution in [0.3, 0.4) is 0 Å². The normalized spacial score (nSPS) is 15.1. The third-order valence-electron chi connectivity index (χ3n) is 5.21. The van der Waals surface area contributed by atoms with E-state index in [-0.39, 0.29) is 17.1 Å². The molecular weight excluding hydrogens is 366 g/mol. The number of carbonyl (C=O) groups excluding carboxylic acids is 1. The van der Waals surface area contributed by atoms with Crippen LogP contribution in [0.15, 0.2) is 63.8 Å². The lowest BCUT2D eigenvalue weighted by atomic mass is 10.1. The van der Waals surface area contributed by atoms with Gasteiger partial charge in [0.25, 0.3) is 5.91 Å². The molecule has 0 saturated carbocycles. The lowest BCUT2D eigenvalue weighted by Gasteiger charge is -2.21. The largest absolute Gasteiger partial charge is 0.451 e. The van der Waals surface area contributed by atoms with Gasteiger partial charge in [-0.15, -0.1) is 0 Å². The molecule has 0 aliphatic carbocycles. The van der Waals surface area contributed by atoms with Gasteiger partial charge in [0, 0.05) is 38.8 Å². The van der Waals surface area contributed by atoms with E-state index in [1.807, 2.05) is 24.3 Å². The Bertz CT molecular complexity index is 1130. The summed E-state index contributed by atoms with van der Waals surface area (Å²) in [6.07, 6.45) is 0.847. The quantitative estimate of drug-likeness (QED) is 0.690. The molecular formula is C23H21N3O3. The summed E-state index contributed by atoms with van der Waals surface area (Å²) in [6.45, 7) is 3.60. The lowest BCUT2D eigenvalue weighted by molar-refractivity contribution is 0.0730. The van der Waals surface area contributed by atoms with Crippen LogP contribution in [0.4, 0.5) is 0 Å². The van der Waals surface area contributed by atoms with E-state index < -0.39 is 0 Å². The summed E-state index contributed by atoms with van der Waals surface area (Å²) in [7, 11) is 0. The van der Waals surface area contributed by atoms with E-state index in [0.29, 0.717) is 29.6 Å². The van der Waals surface area contributed by atoms with E-state index in [1.54, 1.807) is 29.2 Å². The van der Waals surface area contributed by atoms with Crippen LogP contribution in [0.25, 0.3) is 11.0 Å². The van der Waals surface area contributed by atoms with Crippen molar-refractivity contribution < 1.29 is 9.21 Å². The van der Waals surface area contributed by atoms with Crippen LogP contribution in [0, 0.1) is 11.3 Å². The van der Waals surface area contributed by atoms with Crippen LogP contribution in [0.2, 0.25) is 0 Å². The summed E-state index contributed by atoms with van der Waals surface area (Å²) in [5.74, 6) is -0.151. The van der Waals surface area contributed by atoms with E-state index in [9.17, 15) is 9.59 Å². The van der Waals surface area contributed by atoms with Gasteiger partial charge in [-0.1, -0.05) is 24.3 Å². The number of benzene rings is 2. The second-order valence-electron chi connectivity index (χ2n) is 7.20. The molecule has 1 aromatic heterocycles. The molecule has 29 heavy (non-hydrogen) atoms. The number of carbonyl (C=O) groups is 1. The average Bonchev–Trinajstić information content (AvgIpc) is 2.99. The fraction of sp³-hybridized carbons (Fsp3) is 0.261. The highest BCUT2D eigenvalue weighted by molar-refractivity contribution is 5.93. The molecule has 2 heterocycles. The van der Waals surface area contributed by atoms with Crippen molar-refractivity contribution >= 4 is 16.9 Å². The Labute approximate surface area is 168 Å². The van der Waals surface area contributed by atoms with Crippen molar-refractivity contribution in [2.24, 2.45) is 0 Å². The molecule has 0 unspecified atom stereocenters. The van der Waals surface area contributed by atoms with E-state index in [1.165, 1.54) is 6.07 Å². The van der Waals surface area contributed by atoms with Crippen LogP contribution in [-0.2, 0) is 6.54 Å². The zero-order chi connectivity index (χ0) is 20.2. The fourth-order valence-electron chi connectivity index (χ4n) is 3.64. The van der Waals surface area contributed by atoms with Crippen molar-refractivity contribution in [2.75, 3.05) is 26.2 Å². The van der Waals surface area contributed by atoms with Gasteiger partial charge in [0.15, 0.2) is 11.2 Å². The molecule has 3 aromatic rings. The third-order valence-corrected chi connectivity index (χ3v) is 5.21. The van der Waals surface area contributed by atoms with Gasteiger partial charge in [-0.05, 0) is 36.2 Å². The number of fused-ring (bicyclic) bond motifs is 1. The molecule has 1 aliphatic rings. The smallest absolute Gasteiger partial charge is 0.289 e. The number of para-hydroxylation sites is 1. The first kappa shape index (κ1) is 18.9. The first-order valence-electron chi connectivity index (χ1n) is 9.67. The summed E-state index contributed by atoms with van der Waals surface area (Å²) in [4.78, 5) is 29.3. The molecule has 146 valence electrons. The third kappa shape index (κ3) is 4.20. The Morgan fingerprint density at radius 2 is 1.83 bits per heavy atom. The molecule has 0 spiro atoms. The Balaban J connectivity index is 1.44. The van der Waals surface area contributed by atoms with Crippen LogP contribution in [0.1, 0.15) is 28.1 Å². The highest BCUT2D eigenvalue weighted by Crippen LogP contribution is 2.15. The molecule has 4 rings (SSSR count). The molecule has 0 atom stereocenters. The minimum atomic E-state index is -0.243. The number of hydrogen-bond donors (Lipinski definition) is 0. The van der Waals surface area contributed by atoms with Crippen LogP contribution in [0.5, 0.6) is 0 Å². The highest BCUT2D eigenvalue weighted by atomic mass is 16.3. The molecule has 0 bridgehead atoms. The van der Waals surface area contributed by atoms with Gasteiger partial charge in [-0.25, -0.2) is 0 Å². The van der Waals surface area contributed by atoms with Crippen molar-refractivity contribution in [3.05, 3.63) is 81.7 Å². The number of rotatable bonds is 3. The standard InChI is InChI=1S/C23H21N3O3/c24-15-17-6-8-18(9-7-17)16-25-10-3-11-26(13-12-25)23(28)22-14-20(27)19-4-1-2-5-21(19)29-22/h1-2,4-9,14H,3,10-13,16H2. The maximum atomic E-state index is 12.9. The SMILES string of the molecule is N#Cc1ccc(CN2CCCN(C(=O)c3cc(=O)c4ccccc4o3)CC2)cc1. The van der Waals surface area contributed by atoms with Crippen molar-refractivity contribution in [1.29, 1.82) is 5.26 Å².